The number of hydrogen-bond acceptors (Lipinski definition) is 4. The van der Waals surface area contributed by atoms with Crippen molar-refractivity contribution in [2.45, 2.75) is 5.16 Å². The van der Waals surface area contributed by atoms with Gasteiger partial charge < -0.3 is 10.3 Å². The Morgan fingerprint density at radius 2 is 1.88 bits per heavy atom. The van der Waals surface area contributed by atoms with Crippen LogP contribution in [0, 0.1) is 5.82 Å². The summed E-state index contributed by atoms with van der Waals surface area (Å²) >= 11 is 7.25. The van der Waals surface area contributed by atoms with Crippen LogP contribution in [0.15, 0.2) is 82.7 Å². The Morgan fingerprint density at radius 1 is 1.09 bits per heavy atom. The summed E-state index contributed by atoms with van der Waals surface area (Å²) in [6.07, 6.45) is 0. The van der Waals surface area contributed by atoms with Gasteiger partial charge in [-0.3, -0.25) is 14.2 Å². The summed E-state index contributed by atoms with van der Waals surface area (Å²) in [5.74, 6) is -1.02. The number of carbonyl (C=O) groups is 1. The number of rotatable bonds is 5. The van der Waals surface area contributed by atoms with Gasteiger partial charge in [0.1, 0.15) is 16.9 Å². The summed E-state index contributed by atoms with van der Waals surface area (Å²) in [7, 11) is 0. The highest BCUT2D eigenvalue weighted by molar-refractivity contribution is 7.99. The summed E-state index contributed by atoms with van der Waals surface area (Å²) in [5.41, 5.74) is 1.97. The molecule has 0 radical (unpaired) electrons. The maximum Gasteiger partial charge on any atom is 0.283 e. The van der Waals surface area contributed by atoms with Gasteiger partial charge in [0.25, 0.3) is 5.56 Å². The molecule has 0 spiro atoms. The SMILES string of the molecule is O=C(CSc1nc2c([nH]c3ccccc32)c(=O)n1-c1cccc(Cl)c1)Nc1ccccc1F. The van der Waals surface area contributed by atoms with Crippen LogP contribution in [0.5, 0.6) is 0 Å². The van der Waals surface area contributed by atoms with E-state index in [1.807, 2.05) is 24.3 Å². The van der Waals surface area contributed by atoms with Crippen LogP contribution >= 0.6 is 23.4 Å². The van der Waals surface area contributed by atoms with Gasteiger partial charge in [0, 0.05) is 15.9 Å². The average Bonchev–Trinajstić information content (AvgIpc) is 3.18. The van der Waals surface area contributed by atoms with Crippen LogP contribution in [-0.2, 0) is 4.79 Å². The first-order valence-corrected chi connectivity index (χ1v) is 11.3. The summed E-state index contributed by atoms with van der Waals surface area (Å²) < 4.78 is 15.3. The zero-order valence-corrected chi connectivity index (χ0v) is 18.6. The Hall–Kier alpha value is -3.62. The molecule has 1 amide bonds. The number of anilines is 1. The lowest BCUT2D eigenvalue weighted by Gasteiger charge is -2.12. The van der Waals surface area contributed by atoms with Crippen molar-refractivity contribution in [3.05, 3.63) is 94.0 Å². The molecule has 6 nitrogen and oxygen atoms in total. The standard InChI is InChI=1S/C24H16ClFN4O2S/c25-14-6-5-7-15(12-14)30-23(32)22-21(16-8-1-3-10-18(16)28-22)29-24(30)33-13-20(31)27-19-11-4-2-9-17(19)26/h1-12,28H,13H2,(H,27,31). The molecule has 5 aromatic rings. The average molecular weight is 479 g/mol. The fraction of sp³-hybridized carbons (Fsp3) is 0.0417. The van der Waals surface area contributed by atoms with Crippen molar-refractivity contribution in [1.29, 1.82) is 0 Å². The molecule has 0 aliphatic heterocycles. The van der Waals surface area contributed by atoms with Crippen LogP contribution in [0.2, 0.25) is 5.02 Å². The number of nitrogens with zero attached hydrogens (tertiary/aromatic N) is 2. The van der Waals surface area contributed by atoms with E-state index in [0.717, 1.165) is 22.7 Å². The molecular formula is C24H16ClFN4O2S. The third-order valence-corrected chi connectivity index (χ3v) is 6.21. The molecule has 33 heavy (non-hydrogen) atoms. The highest BCUT2D eigenvalue weighted by atomic mass is 35.5. The van der Waals surface area contributed by atoms with Crippen molar-refractivity contribution < 1.29 is 9.18 Å². The van der Waals surface area contributed by atoms with Gasteiger partial charge in [-0.1, -0.05) is 59.8 Å². The number of amides is 1. The molecule has 0 aliphatic carbocycles. The Morgan fingerprint density at radius 3 is 2.70 bits per heavy atom. The van der Waals surface area contributed by atoms with Crippen LogP contribution in [0.3, 0.4) is 0 Å². The van der Waals surface area contributed by atoms with Crippen LogP contribution in [0.1, 0.15) is 0 Å². The largest absolute Gasteiger partial charge is 0.349 e. The normalized spacial score (nSPS) is 11.2. The lowest BCUT2D eigenvalue weighted by molar-refractivity contribution is -0.113. The van der Waals surface area contributed by atoms with Crippen molar-refractivity contribution in [2.75, 3.05) is 11.1 Å². The summed E-state index contributed by atoms with van der Waals surface area (Å²) in [6.45, 7) is 0. The van der Waals surface area contributed by atoms with Gasteiger partial charge in [-0.25, -0.2) is 9.37 Å². The van der Waals surface area contributed by atoms with E-state index in [2.05, 4.69) is 10.3 Å². The second-order valence-corrected chi connectivity index (χ2v) is 8.60. The van der Waals surface area contributed by atoms with E-state index >= 15 is 0 Å². The lowest BCUT2D eigenvalue weighted by atomic mass is 10.2. The first kappa shape index (κ1) is 21.2. The molecule has 3 aromatic carbocycles. The quantitative estimate of drug-likeness (QED) is 0.262. The number of nitrogens with one attached hydrogen (secondary N) is 2. The molecule has 0 fully saturated rings. The molecule has 9 heteroatoms. The maximum absolute atomic E-state index is 13.9. The maximum atomic E-state index is 13.9. The fourth-order valence-electron chi connectivity index (χ4n) is 3.56. The Bertz CT molecular complexity index is 1580. The molecule has 5 rings (SSSR count). The lowest BCUT2D eigenvalue weighted by Crippen LogP contribution is -2.23. The number of aromatic nitrogens is 3. The van der Waals surface area contributed by atoms with E-state index in [-0.39, 0.29) is 17.0 Å². The molecule has 2 heterocycles. The van der Waals surface area contributed by atoms with Crippen molar-refractivity contribution in [2.24, 2.45) is 0 Å². The van der Waals surface area contributed by atoms with Crippen LogP contribution in [0.4, 0.5) is 10.1 Å². The fourth-order valence-corrected chi connectivity index (χ4v) is 4.55. The predicted molar refractivity (Wildman–Crippen MR) is 130 cm³/mol. The summed E-state index contributed by atoms with van der Waals surface area (Å²) in [6, 6.07) is 20.3. The van der Waals surface area contributed by atoms with E-state index < -0.39 is 11.7 Å². The van der Waals surface area contributed by atoms with Crippen molar-refractivity contribution in [3.63, 3.8) is 0 Å². The number of thioether (sulfide) groups is 1. The third kappa shape index (κ3) is 4.10. The number of H-pyrrole nitrogens is 1. The summed E-state index contributed by atoms with van der Waals surface area (Å²) in [5, 5.41) is 4.14. The molecule has 0 atom stereocenters. The van der Waals surface area contributed by atoms with Gasteiger partial charge >= 0.3 is 0 Å². The second kappa shape index (κ2) is 8.73. The minimum absolute atomic E-state index is 0.0742. The Balaban J connectivity index is 1.58. The smallest absolute Gasteiger partial charge is 0.283 e. The monoisotopic (exact) mass is 478 g/mol. The minimum atomic E-state index is -0.523. The molecule has 0 bridgehead atoms. The topological polar surface area (TPSA) is 79.8 Å². The van der Waals surface area contributed by atoms with Crippen molar-refractivity contribution in [1.82, 2.24) is 14.5 Å². The molecule has 0 saturated heterocycles. The van der Waals surface area contributed by atoms with Gasteiger partial charge in [0.15, 0.2) is 5.16 Å². The van der Waals surface area contributed by atoms with E-state index in [1.165, 1.54) is 16.7 Å². The molecule has 0 saturated carbocycles. The number of hydrogen-bond donors (Lipinski definition) is 2. The van der Waals surface area contributed by atoms with Crippen LogP contribution in [0.25, 0.3) is 27.6 Å². The van der Waals surface area contributed by atoms with Crippen molar-refractivity contribution >= 4 is 56.9 Å². The first-order valence-electron chi connectivity index (χ1n) is 9.98. The number of benzene rings is 3. The zero-order valence-electron chi connectivity index (χ0n) is 17.0. The van der Waals surface area contributed by atoms with Crippen LogP contribution < -0.4 is 10.9 Å². The third-order valence-electron chi connectivity index (χ3n) is 5.04. The Kier molecular flexibility index (Phi) is 5.62. The number of para-hydroxylation sites is 2. The molecule has 164 valence electrons. The van der Waals surface area contributed by atoms with E-state index in [4.69, 9.17) is 16.6 Å². The minimum Gasteiger partial charge on any atom is -0.349 e. The number of aromatic amines is 1. The van der Waals surface area contributed by atoms with Gasteiger partial charge in [0.05, 0.1) is 17.1 Å². The number of fused-ring (bicyclic) bond motifs is 3. The van der Waals surface area contributed by atoms with Gasteiger partial charge in [0.2, 0.25) is 5.91 Å². The predicted octanol–water partition coefficient (Wildman–Crippen LogP) is 5.39. The van der Waals surface area contributed by atoms with E-state index in [9.17, 15) is 14.0 Å². The molecule has 0 unspecified atom stereocenters. The molecule has 0 aliphatic rings. The second-order valence-electron chi connectivity index (χ2n) is 7.23. The molecule has 2 N–H and O–H groups in total. The van der Waals surface area contributed by atoms with Gasteiger partial charge in [-0.2, -0.15) is 0 Å². The van der Waals surface area contributed by atoms with Crippen molar-refractivity contribution in [3.8, 4) is 5.69 Å². The summed E-state index contributed by atoms with van der Waals surface area (Å²) in [4.78, 5) is 33.9. The molecular weight excluding hydrogens is 463 g/mol. The zero-order chi connectivity index (χ0) is 22.9. The van der Waals surface area contributed by atoms with Gasteiger partial charge in [-0.05, 0) is 36.4 Å². The highest BCUT2D eigenvalue weighted by Crippen LogP contribution is 2.27. The van der Waals surface area contributed by atoms with E-state index in [1.54, 1.807) is 36.4 Å². The number of halogens is 2. The van der Waals surface area contributed by atoms with Gasteiger partial charge in [-0.15, -0.1) is 0 Å². The van der Waals surface area contributed by atoms with E-state index in [0.29, 0.717) is 26.9 Å². The number of carbonyl (C=O) groups excluding carboxylic acids is 1. The Labute approximate surface area is 196 Å². The first-order chi connectivity index (χ1) is 16.0. The molecule has 2 aromatic heterocycles. The van der Waals surface area contributed by atoms with Crippen LogP contribution in [-0.4, -0.2) is 26.2 Å². The highest BCUT2D eigenvalue weighted by Gasteiger charge is 2.18.